The molecule has 2 aromatic rings. The third-order valence-electron chi connectivity index (χ3n) is 2.70. The normalized spacial score (nSPS) is 10.2. The molecule has 2 rings (SSSR count). The molecule has 0 nitrogen and oxygen atoms in total. The number of rotatable bonds is 4. The second-order valence-corrected chi connectivity index (χ2v) is 19.1. The van der Waals surface area contributed by atoms with Gasteiger partial charge in [0.15, 0.2) is 0 Å². The van der Waals surface area contributed by atoms with Crippen LogP contribution in [0.25, 0.3) is 0 Å². The molecule has 16 heavy (non-hydrogen) atoms. The van der Waals surface area contributed by atoms with Crippen LogP contribution < -0.4 is 0 Å². The van der Waals surface area contributed by atoms with Crippen molar-refractivity contribution in [2.24, 2.45) is 0 Å². The fraction of sp³-hybridized carbons (Fsp3) is 0.143. The Morgan fingerprint density at radius 2 is 1.06 bits per heavy atom. The third kappa shape index (κ3) is 3.84. The van der Waals surface area contributed by atoms with Crippen LogP contribution in [0, 0.1) is 0 Å². The topological polar surface area (TPSA) is 0 Å². The number of benzene rings is 2. The fourth-order valence-electron chi connectivity index (χ4n) is 1.95. The molecule has 0 aliphatic rings. The SMILES string of the molecule is [SiH3][Zr]([CH2]c1ccccc1)[CH2]c1ccccc1. The van der Waals surface area contributed by atoms with Gasteiger partial charge in [-0.3, -0.25) is 0 Å². The molecule has 0 aromatic heterocycles. The Morgan fingerprint density at radius 1 is 0.688 bits per heavy atom. The molecule has 0 saturated carbocycles. The van der Waals surface area contributed by atoms with E-state index in [0.717, 1.165) is 0 Å². The minimum absolute atomic E-state index is 1.08. The summed E-state index contributed by atoms with van der Waals surface area (Å²) in [6, 6.07) is 22.0. The summed E-state index contributed by atoms with van der Waals surface area (Å²) in [6.07, 6.45) is 0. The summed E-state index contributed by atoms with van der Waals surface area (Å²) in [6.45, 7) is 0. The van der Waals surface area contributed by atoms with Gasteiger partial charge in [-0.2, -0.15) is 0 Å². The van der Waals surface area contributed by atoms with Crippen molar-refractivity contribution in [1.29, 1.82) is 0 Å². The molecular weight excluding hydrogens is 287 g/mol. The van der Waals surface area contributed by atoms with Gasteiger partial charge in [-0.05, 0) is 0 Å². The van der Waals surface area contributed by atoms with Crippen molar-refractivity contribution in [2.75, 3.05) is 0 Å². The van der Waals surface area contributed by atoms with Crippen molar-refractivity contribution in [3.05, 3.63) is 71.8 Å². The molecule has 0 spiro atoms. The van der Waals surface area contributed by atoms with Crippen molar-refractivity contribution < 1.29 is 20.9 Å². The standard InChI is InChI=1S/2C7H7.H3Si.Zr/c2*1-7-5-3-2-4-6-7;;/h2*2-6H,1H2;1H3;. The van der Waals surface area contributed by atoms with Crippen molar-refractivity contribution in [3.8, 4) is 0 Å². The quantitative estimate of drug-likeness (QED) is 0.760. The number of hydrogen-bond donors (Lipinski definition) is 0. The van der Waals surface area contributed by atoms with Gasteiger partial charge in [0.1, 0.15) is 0 Å². The van der Waals surface area contributed by atoms with E-state index in [9.17, 15) is 0 Å². The van der Waals surface area contributed by atoms with E-state index in [1.54, 1.807) is 11.1 Å². The molecule has 0 N–H and O–H groups in total. The Balaban J connectivity index is 1.92. The summed E-state index contributed by atoms with van der Waals surface area (Å²) in [5.74, 6) is 0. The Hall–Kier alpha value is -0.460. The first-order chi connectivity index (χ1) is 7.84. The van der Waals surface area contributed by atoms with E-state index in [1.807, 2.05) is 0 Å². The van der Waals surface area contributed by atoms with Gasteiger partial charge in [0.25, 0.3) is 0 Å². The maximum atomic E-state index is 2.28. The van der Waals surface area contributed by atoms with Gasteiger partial charge in [0, 0.05) is 0 Å². The second kappa shape index (κ2) is 6.32. The average molecular weight is 305 g/mol. The van der Waals surface area contributed by atoms with Crippen LogP contribution in [0.4, 0.5) is 0 Å². The van der Waals surface area contributed by atoms with Crippen LogP contribution in [0.1, 0.15) is 11.1 Å². The van der Waals surface area contributed by atoms with Crippen molar-refractivity contribution in [3.63, 3.8) is 0 Å². The fourth-order valence-corrected chi connectivity index (χ4v) is 11.7. The average Bonchev–Trinajstić information content (AvgIpc) is 2.31. The number of hydrogen-bond acceptors (Lipinski definition) is 0. The van der Waals surface area contributed by atoms with Gasteiger partial charge in [-0.1, -0.05) is 0 Å². The van der Waals surface area contributed by atoms with Gasteiger partial charge in [-0.15, -0.1) is 0 Å². The molecule has 0 amide bonds. The molecule has 81 valence electrons. The molecule has 0 aliphatic heterocycles. The molecule has 0 aliphatic carbocycles. The first-order valence-electron chi connectivity index (χ1n) is 5.74. The van der Waals surface area contributed by atoms with E-state index >= 15 is 0 Å². The van der Waals surface area contributed by atoms with Crippen LogP contribution in [-0.4, -0.2) is 7.37 Å². The zero-order chi connectivity index (χ0) is 11.2. The monoisotopic (exact) mass is 303 g/mol. The van der Waals surface area contributed by atoms with E-state index in [-0.39, 0.29) is 0 Å². The summed E-state index contributed by atoms with van der Waals surface area (Å²) in [4.78, 5) is 0. The van der Waals surface area contributed by atoms with E-state index in [1.165, 1.54) is 15.6 Å². The summed E-state index contributed by atoms with van der Waals surface area (Å²) in [7, 11) is 1.46. The van der Waals surface area contributed by atoms with Crippen LogP contribution in [0.3, 0.4) is 0 Å². The third-order valence-corrected chi connectivity index (χ3v) is 11.9. The summed E-state index contributed by atoms with van der Waals surface area (Å²) >= 11 is -1.08. The van der Waals surface area contributed by atoms with E-state index < -0.39 is 20.9 Å². The van der Waals surface area contributed by atoms with Crippen LogP contribution in [0.5, 0.6) is 0 Å². The Kier molecular flexibility index (Phi) is 4.74. The Bertz CT molecular complexity index is 372. The summed E-state index contributed by atoms with van der Waals surface area (Å²) in [5.41, 5.74) is 3.12. The predicted molar refractivity (Wildman–Crippen MR) is 70.2 cm³/mol. The van der Waals surface area contributed by atoms with Crippen molar-refractivity contribution in [2.45, 2.75) is 8.26 Å². The van der Waals surface area contributed by atoms with Crippen LogP contribution in [0.15, 0.2) is 60.7 Å². The van der Waals surface area contributed by atoms with E-state index in [4.69, 9.17) is 0 Å². The van der Waals surface area contributed by atoms with Crippen LogP contribution in [0.2, 0.25) is 0 Å². The molecule has 0 fully saturated rings. The van der Waals surface area contributed by atoms with Gasteiger partial charge in [0.2, 0.25) is 0 Å². The van der Waals surface area contributed by atoms with Crippen molar-refractivity contribution >= 4 is 7.37 Å². The molecule has 0 unspecified atom stereocenters. The van der Waals surface area contributed by atoms with Crippen LogP contribution >= 0.6 is 0 Å². The first kappa shape index (κ1) is 12.0. The zero-order valence-electron chi connectivity index (χ0n) is 9.69. The molecule has 0 radical (unpaired) electrons. The van der Waals surface area contributed by atoms with E-state index in [2.05, 4.69) is 60.7 Å². The summed E-state index contributed by atoms with van der Waals surface area (Å²) < 4.78 is 2.84. The molecule has 0 bridgehead atoms. The minimum atomic E-state index is -1.08. The Morgan fingerprint density at radius 3 is 1.44 bits per heavy atom. The summed E-state index contributed by atoms with van der Waals surface area (Å²) in [5, 5.41) is 0. The zero-order valence-corrected chi connectivity index (χ0v) is 14.1. The molecule has 0 heterocycles. The van der Waals surface area contributed by atoms with Gasteiger partial charge >= 0.3 is 108 Å². The maximum absolute atomic E-state index is 2.28. The van der Waals surface area contributed by atoms with Gasteiger partial charge < -0.3 is 0 Å². The molecule has 2 aromatic carbocycles. The molecule has 0 atom stereocenters. The second-order valence-electron chi connectivity index (χ2n) is 4.28. The van der Waals surface area contributed by atoms with Gasteiger partial charge in [0.05, 0.1) is 0 Å². The molecular formula is C14H17SiZr. The van der Waals surface area contributed by atoms with Gasteiger partial charge in [-0.25, -0.2) is 0 Å². The van der Waals surface area contributed by atoms with E-state index in [0.29, 0.717) is 0 Å². The Labute approximate surface area is 108 Å². The molecule has 2 heteroatoms. The predicted octanol–water partition coefficient (Wildman–Crippen LogP) is 2.29. The van der Waals surface area contributed by atoms with Crippen LogP contribution in [-0.2, 0) is 29.2 Å². The van der Waals surface area contributed by atoms with Crippen molar-refractivity contribution in [1.82, 2.24) is 0 Å². The molecule has 0 saturated heterocycles. The first-order valence-corrected chi connectivity index (χ1v) is 17.6.